The number of nitrogens with zero attached hydrogens (tertiary/aromatic N) is 3. The first kappa shape index (κ1) is 15.7. The number of rotatable bonds is 5. The van der Waals surface area contributed by atoms with Gasteiger partial charge in [0.05, 0.1) is 11.5 Å². The van der Waals surface area contributed by atoms with Crippen LogP contribution in [-0.4, -0.2) is 57.9 Å². The van der Waals surface area contributed by atoms with E-state index in [-0.39, 0.29) is 12.6 Å². The van der Waals surface area contributed by atoms with Crippen LogP contribution in [0, 0.1) is 0 Å². The molecular formula is C12H16N4O4S. The molecule has 0 aliphatic carbocycles. The molecule has 4 N–H and O–H groups in total. The van der Waals surface area contributed by atoms with E-state index in [4.69, 9.17) is 10.5 Å². The third-order valence-corrected chi connectivity index (χ3v) is 3.82. The third kappa shape index (κ3) is 3.00. The Morgan fingerprint density at radius 3 is 2.95 bits per heavy atom. The smallest absolute Gasteiger partial charge is 0.222 e. The molecule has 0 radical (unpaired) electrons. The monoisotopic (exact) mass is 312 g/mol. The molecule has 1 saturated heterocycles. The summed E-state index contributed by atoms with van der Waals surface area (Å²) < 4.78 is 5.55. The van der Waals surface area contributed by atoms with Gasteiger partial charge in [0.2, 0.25) is 5.95 Å². The maximum atomic E-state index is 10.7. The van der Waals surface area contributed by atoms with Gasteiger partial charge in [0, 0.05) is 13.2 Å². The summed E-state index contributed by atoms with van der Waals surface area (Å²) in [5, 5.41) is 19.3. The number of nitrogen functional groups attached to an aromatic ring is 1. The average molecular weight is 312 g/mol. The highest BCUT2D eigenvalue weighted by Crippen LogP contribution is 2.33. The van der Waals surface area contributed by atoms with Gasteiger partial charge in [-0.15, -0.1) is 0 Å². The zero-order valence-electron chi connectivity index (χ0n) is 11.3. The molecule has 0 bridgehead atoms. The fourth-order valence-electron chi connectivity index (χ4n) is 2.05. The number of hydrogen-bond donors (Lipinski definition) is 3. The SMILES string of the molecule is C=C1[C@@H](O)[C@H](N(C)c2nc(N)ncc2SC=O)O[C@@H]1CO. The van der Waals surface area contributed by atoms with E-state index in [0.717, 1.165) is 11.8 Å². The van der Waals surface area contributed by atoms with E-state index in [1.807, 2.05) is 0 Å². The quantitative estimate of drug-likeness (QED) is 0.372. The molecule has 1 aromatic rings. The second-order valence-corrected chi connectivity index (χ2v) is 5.33. The number of nitrogens with two attached hydrogens (primary N) is 1. The van der Waals surface area contributed by atoms with Crippen LogP contribution < -0.4 is 10.6 Å². The second kappa shape index (κ2) is 6.39. The summed E-state index contributed by atoms with van der Waals surface area (Å²) in [6.07, 6.45) is -0.992. The van der Waals surface area contributed by atoms with Crippen LogP contribution in [0.5, 0.6) is 0 Å². The summed E-state index contributed by atoms with van der Waals surface area (Å²) in [5.74, 6) is 0.396. The molecule has 1 aromatic heterocycles. The Bertz CT molecular complexity index is 556. The molecule has 1 aliphatic rings. The van der Waals surface area contributed by atoms with Gasteiger partial charge in [0.15, 0.2) is 11.8 Å². The van der Waals surface area contributed by atoms with Crippen molar-refractivity contribution in [2.45, 2.75) is 23.3 Å². The number of hydrogen-bond acceptors (Lipinski definition) is 9. The molecule has 21 heavy (non-hydrogen) atoms. The topological polar surface area (TPSA) is 122 Å². The lowest BCUT2D eigenvalue weighted by atomic mass is 10.1. The van der Waals surface area contributed by atoms with E-state index in [0.29, 0.717) is 21.9 Å². The first-order valence-electron chi connectivity index (χ1n) is 6.08. The van der Waals surface area contributed by atoms with Crippen LogP contribution >= 0.6 is 11.8 Å². The number of ether oxygens (including phenoxy) is 1. The molecule has 1 aliphatic heterocycles. The molecule has 2 rings (SSSR count). The number of aromatic nitrogens is 2. The Kier molecular flexibility index (Phi) is 4.78. The van der Waals surface area contributed by atoms with E-state index >= 15 is 0 Å². The van der Waals surface area contributed by atoms with Gasteiger partial charge in [-0.25, -0.2) is 4.98 Å². The van der Waals surface area contributed by atoms with Crippen molar-refractivity contribution < 1.29 is 19.7 Å². The molecule has 2 heterocycles. The van der Waals surface area contributed by atoms with Gasteiger partial charge in [0.25, 0.3) is 0 Å². The predicted molar refractivity (Wildman–Crippen MR) is 78.3 cm³/mol. The summed E-state index contributed by atoms with van der Waals surface area (Å²) in [6, 6.07) is 0. The molecule has 0 spiro atoms. The molecule has 114 valence electrons. The van der Waals surface area contributed by atoms with Crippen LogP contribution in [-0.2, 0) is 9.53 Å². The van der Waals surface area contributed by atoms with Gasteiger partial charge in [0.1, 0.15) is 18.0 Å². The average Bonchev–Trinajstić information content (AvgIpc) is 2.76. The molecular weight excluding hydrogens is 296 g/mol. The van der Waals surface area contributed by atoms with E-state index < -0.39 is 18.4 Å². The van der Waals surface area contributed by atoms with Gasteiger partial charge >= 0.3 is 0 Å². The Morgan fingerprint density at radius 2 is 2.38 bits per heavy atom. The molecule has 3 atom stereocenters. The van der Waals surface area contributed by atoms with Crippen LogP contribution in [0.25, 0.3) is 0 Å². The van der Waals surface area contributed by atoms with Crippen molar-refractivity contribution in [3.05, 3.63) is 18.3 Å². The van der Waals surface area contributed by atoms with Crippen molar-refractivity contribution in [2.24, 2.45) is 0 Å². The molecule has 0 amide bonds. The maximum Gasteiger partial charge on any atom is 0.222 e. The van der Waals surface area contributed by atoms with Crippen LogP contribution in [0.15, 0.2) is 23.2 Å². The largest absolute Gasteiger partial charge is 0.393 e. The fraction of sp³-hybridized carbons (Fsp3) is 0.417. The van der Waals surface area contributed by atoms with Crippen LogP contribution in [0.2, 0.25) is 0 Å². The Morgan fingerprint density at radius 1 is 1.67 bits per heavy atom. The highest BCUT2D eigenvalue weighted by molar-refractivity contribution is 8.12. The minimum atomic E-state index is -0.988. The zero-order valence-corrected chi connectivity index (χ0v) is 12.2. The molecule has 1 fully saturated rings. The predicted octanol–water partition coefficient (Wildman–Crippen LogP) is -0.588. The first-order chi connectivity index (χ1) is 9.99. The lowest BCUT2D eigenvalue weighted by Crippen LogP contribution is -2.40. The van der Waals surface area contributed by atoms with Crippen molar-refractivity contribution in [3.63, 3.8) is 0 Å². The lowest BCUT2D eigenvalue weighted by molar-refractivity contribution is -0.00761. The second-order valence-electron chi connectivity index (χ2n) is 4.46. The minimum absolute atomic E-state index is 0.0390. The first-order valence-corrected chi connectivity index (χ1v) is 6.96. The minimum Gasteiger partial charge on any atom is -0.393 e. The van der Waals surface area contributed by atoms with E-state index in [9.17, 15) is 15.0 Å². The fourth-order valence-corrected chi connectivity index (χ4v) is 2.56. The highest BCUT2D eigenvalue weighted by atomic mass is 32.2. The van der Waals surface area contributed by atoms with Crippen molar-refractivity contribution >= 4 is 29.1 Å². The number of likely N-dealkylation sites (N-methyl/N-ethyl adjacent to an activating group) is 1. The van der Waals surface area contributed by atoms with Gasteiger partial charge < -0.3 is 25.6 Å². The maximum absolute atomic E-state index is 10.7. The Balaban J connectivity index is 2.31. The van der Waals surface area contributed by atoms with Gasteiger partial charge in [-0.3, -0.25) is 4.79 Å². The Labute approximate surface area is 125 Å². The summed E-state index contributed by atoms with van der Waals surface area (Å²) in [4.78, 5) is 20.6. The number of carbonyl (C=O) groups is 1. The lowest BCUT2D eigenvalue weighted by Gasteiger charge is -2.28. The summed E-state index contributed by atoms with van der Waals surface area (Å²) in [5.41, 5.74) is 6.60. The normalized spacial score (nSPS) is 25.1. The molecule has 8 nitrogen and oxygen atoms in total. The standard InChI is InChI=1S/C12H16N4O4S/c1-6-7(4-17)20-11(9(6)19)16(2)10-8(21-5-18)3-14-12(13)15-10/h3,5,7,9,11,17,19H,1,4H2,2H3,(H2,13,14,15)/t7-,9-,11-/m1/s1. The van der Waals surface area contributed by atoms with Crippen LogP contribution in [0.4, 0.5) is 11.8 Å². The van der Waals surface area contributed by atoms with Crippen LogP contribution in [0.1, 0.15) is 0 Å². The Hall–Kier alpha value is -1.68. The molecule has 9 heteroatoms. The zero-order chi connectivity index (χ0) is 15.6. The number of anilines is 2. The van der Waals surface area contributed by atoms with Crippen LogP contribution in [0.3, 0.4) is 0 Å². The van der Waals surface area contributed by atoms with Gasteiger partial charge in [-0.1, -0.05) is 6.58 Å². The van der Waals surface area contributed by atoms with Crippen molar-refractivity contribution in [1.82, 2.24) is 9.97 Å². The number of thioether (sulfide) groups is 1. The van der Waals surface area contributed by atoms with Crippen molar-refractivity contribution in [1.29, 1.82) is 0 Å². The molecule has 0 saturated carbocycles. The van der Waals surface area contributed by atoms with E-state index in [1.54, 1.807) is 7.05 Å². The highest BCUT2D eigenvalue weighted by Gasteiger charge is 2.40. The van der Waals surface area contributed by atoms with Gasteiger partial charge in [-0.2, -0.15) is 4.98 Å². The number of aliphatic hydroxyl groups is 2. The van der Waals surface area contributed by atoms with Gasteiger partial charge in [-0.05, 0) is 17.3 Å². The third-order valence-electron chi connectivity index (χ3n) is 3.18. The van der Waals surface area contributed by atoms with E-state index in [2.05, 4.69) is 16.5 Å². The van der Waals surface area contributed by atoms with E-state index in [1.165, 1.54) is 11.1 Å². The molecule has 0 unspecified atom stereocenters. The number of aliphatic hydroxyl groups excluding tert-OH is 2. The van der Waals surface area contributed by atoms with Crippen molar-refractivity contribution in [3.8, 4) is 0 Å². The summed E-state index contributed by atoms with van der Waals surface area (Å²) >= 11 is 0.895. The molecule has 0 aromatic carbocycles. The summed E-state index contributed by atoms with van der Waals surface area (Å²) in [7, 11) is 1.64. The van der Waals surface area contributed by atoms with Crippen molar-refractivity contribution in [2.75, 3.05) is 24.3 Å². The number of carbonyl (C=O) groups excluding carboxylic acids is 1. The summed E-state index contributed by atoms with van der Waals surface area (Å²) in [6.45, 7) is 3.43.